The third-order valence-corrected chi connectivity index (χ3v) is 4.98. The highest BCUT2D eigenvalue weighted by Crippen LogP contribution is 2.36. The lowest BCUT2D eigenvalue weighted by Crippen LogP contribution is -2.39. The number of nitrogens with zero attached hydrogens (tertiary/aromatic N) is 1. The summed E-state index contributed by atoms with van der Waals surface area (Å²) in [5, 5.41) is 0. The molecule has 0 radical (unpaired) electrons. The average Bonchev–Trinajstić information content (AvgIpc) is 2.49. The van der Waals surface area contributed by atoms with Gasteiger partial charge < -0.3 is 15.4 Å². The van der Waals surface area contributed by atoms with Crippen molar-refractivity contribution in [1.29, 1.82) is 0 Å². The van der Waals surface area contributed by atoms with Crippen molar-refractivity contribution < 1.29 is 9.53 Å². The Morgan fingerprint density at radius 3 is 2.86 bits per heavy atom. The topological polar surface area (TPSA) is 55.6 Å². The van der Waals surface area contributed by atoms with Crippen LogP contribution in [0.1, 0.15) is 37.3 Å². The van der Waals surface area contributed by atoms with Crippen molar-refractivity contribution in [2.24, 2.45) is 17.6 Å². The van der Waals surface area contributed by atoms with Crippen LogP contribution in [0.4, 0.5) is 0 Å². The molecule has 0 bridgehead atoms. The number of nitrogens with two attached hydrogens (primary N) is 1. The molecule has 120 valence electrons. The molecule has 0 unspecified atom stereocenters. The van der Waals surface area contributed by atoms with Gasteiger partial charge in [0.25, 0.3) is 0 Å². The van der Waals surface area contributed by atoms with E-state index >= 15 is 0 Å². The number of benzene rings is 1. The third kappa shape index (κ3) is 3.27. The molecule has 0 spiro atoms. The molecule has 0 atom stereocenters. The van der Waals surface area contributed by atoms with Crippen LogP contribution in [0.2, 0.25) is 0 Å². The van der Waals surface area contributed by atoms with Crippen LogP contribution in [0.25, 0.3) is 0 Å². The van der Waals surface area contributed by atoms with Gasteiger partial charge in [-0.15, -0.1) is 0 Å². The Balaban J connectivity index is 1.58. The minimum absolute atomic E-state index is 0.299. The SMILES string of the molecule is CCOc1ccc2c(c1)CN(C(=O)CC1CC(CN)C1)CC2. The van der Waals surface area contributed by atoms with Gasteiger partial charge in [-0.05, 0) is 67.8 Å². The van der Waals surface area contributed by atoms with E-state index in [4.69, 9.17) is 10.5 Å². The molecule has 1 fully saturated rings. The molecule has 1 aliphatic heterocycles. The largest absolute Gasteiger partial charge is 0.494 e. The predicted molar refractivity (Wildman–Crippen MR) is 86.6 cm³/mol. The highest BCUT2D eigenvalue weighted by Gasteiger charge is 2.31. The van der Waals surface area contributed by atoms with E-state index in [1.165, 1.54) is 11.1 Å². The molecule has 1 heterocycles. The molecule has 4 nitrogen and oxygen atoms in total. The molecule has 1 aliphatic carbocycles. The molecule has 0 aromatic heterocycles. The Hall–Kier alpha value is -1.55. The number of hydrogen-bond donors (Lipinski definition) is 1. The summed E-state index contributed by atoms with van der Waals surface area (Å²) in [6.07, 6.45) is 3.89. The Labute approximate surface area is 132 Å². The van der Waals surface area contributed by atoms with E-state index in [-0.39, 0.29) is 0 Å². The lowest BCUT2D eigenvalue weighted by Gasteiger charge is -2.36. The number of hydrogen-bond acceptors (Lipinski definition) is 3. The summed E-state index contributed by atoms with van der Waals surface area (Å²) < 4.78 is 5.57. The highest BCUT2D eigenvalue weighted by molar-refractivity contribution is 5.77. The number of rotatable bonds is 5. The Bertz CT molecular complexity index is 538. The van der Waals surface area contributed by atoms with Gasteiger partial charge in [0.15, 0.2) is 0 Å². The van der Waals surface area contributed by atoms with Crippen molar-refractivity contribution in [3.8, 4) is 5.75 Å². The van der Waals surface area contributed by atoms with E-state index in [2.05, 4.69) is 12.1 Å². The molecule has 0 saturated heterocycles. The number of ether oxygens (including phenoxy) is 1. The van der Waals surface area contributed by atoms with E-state index in [9.17, 15) is 4.79 Å². The summed E-state index contributed by atoms with van der Waals surface area (Å²) >= 11 is 0. The second kappa shape index (κ2) is 6.69. The second-order valence-corrected chi connectivity index (χ2v) is 6.57. The van der Waals surface area contributed by atoms with Crippen LogP contribution in [0, 0.1) is 11.8 Å². The van der Waals surface area contributed by atoms with Gasteiger partial charge in [-0.3, -0.25) is 4.79 Å². The van der Waals surface area contributed by atoms with Gasteiger partial charge in [-0.2, -0.15) is 0 Å². The van der Waals surface area contributed by atoms with E-state index in [1.54, 1.807) is 0 Å². The van der Waals surface area contributed by atoms with Crippen LogP contribution in [0.5, 0.6) is 5.75 Å². The highest BCUT2D eigenvalue weighted by atomic mass is 16.5. The fraction of sp³-hybridized carbons (Fsp3) is 0.611. The first-order chi connectivity index (χ1) is 10.7. The number of fused-ring (bicyclic) bond motifs is 1. The first-order valence-electron chi connectivity index (χ1n) is 8.42. The summed E-state index contributed by atoms with van der Waals surface area (Å²) in [6, 6.07) is 6.26. The molecule has 3 rings (SSSR count). The Morgan fingerprint density at radius 1 is 1.32 bits per heavy atom. The van der Waals surface area contributed by atoms with Gasteiger partial charge in [0, 0.05) is 19.5 Å². The molecule has 2 aliphatic rings. The number of carbonyl (C=O) groups excluding carboxylic acids is 1. The minimum Gasteiger partial charge on any atom is -0.494 e. The average molecular weight is 302 g/mol. The second-order valence-electron chi connectivity index (χ2n) is 6.57. The fourth-order valence-electron chi connectivity index (χ4n) is 3.61. The lowest BCUT2D eigenvalue weighted by molar-refractivity contribution is -0.134. The van der Waals surface area contributed by atoms with Gasteiger partial charge >= 0.3 is 0 Å². The summed E-state index contributed by atoms with van der Waals surface area (Å²) in [5.74, 6) is 2.40. The molecule has 1 amide bonds. The van der Waals surface area contributed by atoms with Gasteiger partial charge in [0.2, 0.25) is 5.91 Å². The summed E-state index contributed by atoms with van der Waals surface area (Å²) in [7, 11) is 0. The van der Waals surface area contributed by atoms with Crippen LogP contribution < -0.4 is 10.5 Å². The van der Waals surface area contributed by atoms with Gasteiger partial charge in [0.1, 0.15) is 5.75 Å². The van der Waals surface area contributed by atoms with E-state index in [1.807, 2.05) is 17.9 Å². The molecule has 4 heteroatoms. The Morgan fingerprint density at radius 2 is 2.14 bits per heavy atom. The fourth-order valence-corrected chi connectivity index (χ4v) is 3.61. The monoisotopic (exact) mass is 302 g/mol. The standard InChI is InChI=1S/C18H26N2O2/c1-2-22-17-4-3-15-5-6-20(12-16(15)10-17)18(21)9-13-7-14(8-13)11-19/h3-4,10,13-14H,2,5-9,11-12,19H2,1H3. The van der Waals surface area contributed by atoms with Crippen molar-refractivity contribution in [2.45, 2.75) is 39.2 Å². The van der Waals surface area contributed by atoms with Crippen molar-refractivity contribution in [3.05, 3.63) is 29.3 Å². The number of amides is 1. The smallest absolute Gasteiger partial charge is 0.223 e. The maximum atomic E-state index is 12.5. The van der Waals surface area contributed by atoms with E-state index < -0.39 is 0 Å². The van der Waals surface area contributed by atoms with Crippen molar-refractivity contribution >= 4 is 5.91 Å². The van der Waals surface area contributed by atoms with Crippen molar-refractivity contribution in [2.75, 3.05) is 19.7 Å². The normalized spacial score (nSPS) is 23.6. The quantitative estimate of drug-likeness (QED) is 0.908. The number of carbonyl (C=O) groups is 1. The maximum Gasteiger partial charge on any atom is 0.223 e. The zero-order valence-electron chi connectivity index (χ0n) is 13.4. The van der Waals surface area contributed by atoms with Crippen molar-refractivity contribution in [3.63, 3.8) is 0 Å². The molecule has 1 aromatic rings. The third-order valence-electron chi connectivity index (χ3n) is 4.98. The molecular formula is C18H26N2O2. The van der Waals surface area contributed by atoms with Gasteiger partial charge in [-0.25, -0.2) is 0 Å². The molecule has 2 N–H and O–H groups in total. The summed E-state index contributed by atoms with van der Waals surface area (Å²) in [5.41, 5.74) is 8.24. The zero-order valence-corrected chi connectivity index (χ0v) is 13.4. The predicted octanol–water partition coefficient (Wildman–Crippen LogP) is 2.35. The van der Waals surface area contributed by atoms with Gasteiger partial charge in [0.05, 0.1) is 6.61 Å². The van der Waals surface area contributed by atoms with Crippen LogP contribution in [0.3, 0.4) is 0 Å². The summed E-state index contributed by atoms with van der Waals surface area (Å²) in [4.78, 5) is 14.5. The van der Waals surface area contributed by atoms with E-state index in [0.29, 0.717) is 30.8 Å². The Kier molecular flexibility index (Phi) is 4.67. The lowest BCUT2D eigenvalue weighted by atomic mass is 9.73. The van der Waals surface area contributed by atoms with Crippen LogP contribution in [-0.4, -0.2) is 30.5 Å². The van der Waals surface area contributed by atoms with E-state index in [0.717, 1.165) is 44.6 Å². The molecular weight excluding hydrogens is 276 g/mol. The van der Waals surface area contributed by atoms with Gasteiger partial charge in [-0.1, -0.05) is 6.07 Å². The first-order valence-corrected chi connectivity index (χ1v) is 8.42. The molecule has 1 saturated carbocycles. The van der Waals surface area contributed by atoms with Crippen LogP contribution in [0.15, 0.2) is 18.2 Å². The van der Waals surface area contributed by atoms with Crippen LogP contribution in [-0.2, 0) is 17.8 Å². The first kappa shape index (κ1) is 15.3. The van der Waals surface area contributed by atoms with Crippen molar-refractivity contribution in [1.82, 2.24) is 4.90 Å². The van der Waals surface area contributed by atoms with Crippen LogP contribution >= 0.6 is 0 Å². The maximum absolute atomic E-state index is 12.5. The minimum atomic E-state index is 0.299. The molecule has 22 heavy (non-hydrogen) atoms. The summed E-state index contributed by atoms with van der Waals surface area (Å²) in [6.45, 7) is 4.99. The molecule has 1 aromatic carbocycles. The zero-order chi connectivity index (χ0) is 15.5.